The number of benzene rings is 11. The molecule has 3 aliphatic rings. The molecule has 8 nitrogen and oxygen atoms in total. The average molecular weight is 1060 g/mol. The lowest BCUT2D eigenvalue weighted by Gasteiger charge is -2.22. The minimum atomic E-state index is 0.317. The molecule has 398 valence electrons. The standard InChI is InChI=1S/C73H58O8/c1-39-20-25-50-55(34-39)67(43-24-33-59(77-5)63(38-43)81-9)71-52-19-13-17-47-45(27-29-54(69(47)52)73(71)66(50)42-23-32-58(76-4)62(37-42)80-8)44-26-28-53-68-46(44)16-12-18-51(68)70-64(40-21-30-56(74-2)60(35-40)78-6)48-14-10-11-15-49(48)65(72(53)70)41-22-31-57(75-3)61(36-41)79-7/h10-19,21-39H,20H2,1-9H3. The first-order valence-corrected chi connectivity index (χ1v) is 27.3. The van der Waals surface area contributed by atoms with Gasteiger partial charge in [0.25, 0.3) is 0 Å². The van der Waals surface area contributed by atoms with Crippen molar-refractivity contribution < 1.29 is 37.9 Å². The molecule has 0 saturated heterocycles. The van der Waals surface area contributed by atoms with Crippen molar-refractivity contribution in [3.8, 4) is 146 Å². The molecule has 14 rings (SSSR count). The van der Waals surface area contributed by atoms with Gasteiger partial charge in [-0.15, -0.1) is 0 Å². The molecule has 8 heteroatoms. The molecule has 0 amide bonds. The van der Waals surface area contributed by atoms with Crippen LogP contribution in [0, 0.1) is 5.92 Å². The Bertz CT molecular complexity index is 4520. The van der Waals surface area contributed by atoms with Crippen LogP contribution < -0.4 is 48.3 Å². The molecule has 11 aromatic carbocycles. The van der Waals surface area contributed by atoms with Crippen LogP contribution in [-0.4, -0.2) is 56.9 Å². The Kier molecular flexibility index (Phi) is 11.8. The largest absolute Gasteiger partial charge is 0.493 e. The Morgan fingerprint density at radius 1 is 0.284 bits per heavy atom. The van der Waals surface area contributed by atoms with Crippen molar-refractivity contribution >= 4 is 44.5 Å². The first kappa shape index (κ1) is 49.6. The zero-order chi connectivity index (χ0) is 55.4. The highest BCUT2D eigenvalue weighted by Gasteiger charge is 2.35. The molecule has 81 heavy (non-hydrogen) atoms. The monoisotopic (exact) mass is 1060 g/mol. The number of methoxy groups -OCH3 is 8. The Hall–Kier alpha value is -9.66. The van der Waals surface area contributed by atoms with E-state index in [1.807, 2.05) is 24.3 Å². The molecular formula is C73H58O8. The van der Waals surface area contributed by atoms with Gasteiger partial charge in [0.1, 0.15) is 0 Å². The Morgan fingerprint density at radius 2 is 0.605 bits per heavy atom. The summed E-state index contributed by atoms with van der Waals surface area (Å²) < 4.78 is 47.2. The normalized spacial score (nSPS) is 13.3. The first-order valence-electron chi connectivity index (χ1n) is 27.3. The molecule has 0 fully saturated rings. The summed E-state index contributed by atoms with van der Waals surface area (Å²) in [4.78, 5) is 0. The van der Waals surface area contributed by atoms with E-state index in [1.54, 1.807) is 56.9 Å². The Labute approximate surface area is 470 Å². The van der Waals surface area contributed by atoms with E-state index in [0.717, 1.165) is 72.8 Å². The summed E-state index contributed by atoms with van der Waals surface area (Å²) in [6, 6.07) is 57.0. The van der Waals surface area contributed by atoms with Gasteiger partial charge in [0.2, 0.25) is 0 Å². The summed E-state index contributed by atoms with van der Waals surface area (Å²) in [5, 5.41) is 9.42. The van der Waals surface area contributed by atoms with Crippen LogP contribution in [0.4, 0.5) is 0 Å². The summed E-state index contributed by atoms with van der Waals surface area (Å²) in [6.07, 6.45) is 5.81. The van der Waals surface area contributed by atoms with Crippen LogP contribution in [0.5, 0.6) is 46.0 Å². The molecule has 0 N–H and O–H groups in total. The van der Waals surface area contributed by atoms with Gasteiger partial charge in [0.05, 0.1) is 56.9 Å². The third-order valence-electron chi connectivity index (χ3n) is 17.1. The smallest absolute Gasteiger partial charge is 0.161 e. The lowest BCUT2D eigenvalue weighted by molar-refractivity contribution is 0.355. The molecule has 0 radical (unpaired) electrons. The van der Waals surface area contributed by atoms with Gasteiger partial charge in [-0.3, -0.25) is 0 Å². The minimum Gasteiger partial charge on any atom is -0.493 e. The number of fused-ring (bicyclic) bond motifs is 8. The van der Waals surface area contributed by atoms with E-state index in [4.69, 9.17) is 37.9 Å². The van der Waals surface area contributed by atoms with Gasteiger partial charge in [0.15, 0.2) is 46.0 Å². The Morgan fingerprint density at radius 3 is 0.988 bits per heavy atom. The van der Waals surface area contributed by atoms with Gasteiger partial charge in [-0.05, 0) is 204 Å². The predicted molar refractivity (Wildman–Crippen MR) is 329 cm³/mol. The highest BCUT2D eigenvalue weighted by molar-refractivity contribution is 6.30. The van der Waals surface area contributed by atoms with E-state index in [9.17, 15) is 0 Å². The second-order valence-electron chi connectivity index (χ2n) is 21.0. The van der Waals surface area contributed by atoms with Gasteiger partial charge in [-0.25, -0.2) is 0 Å². The van der Waals surface area contributed by atoms with Crippen molar-refractivity contribution in [3.05, 3.63) is 168 Å². The fourth-order valence-corrected chi connectivity index (χ4v) is 13.6. The van der Waals surface area contributed by atoms with Crippen LogP contribution in [0.3, 0.4) is 0 Å². The van der Waals surface area contributed by atoms with Crippen LogP contribution in [0.15, 0.2) is 158 Å². The molecule has 0 aliphatic heterocycles. The third-order valence-corrected chi connectivity index (χ3v) is 17.1. The van der Waals surface area contributed by atoms with Gasteiger partial charge < -0.3 is 37.9 Å². The molecule has 0 spiro atoms. The molecular weight excluding hydrogens is 1000 g/mol. The molecule has 0 bridgehead atoms. The molecule has 0 heterocycles. The molecule has 11 aromatic rings. The second-order valence-corrected chi connectivity index (χ2v) is 21.0. The maximum Gasteiger partial charge on any atom is 0.161 e. The fourth-order valence-electron chi connectivity index (χ4n) is 13.6. The third kappa shape index (κ3) is 7.29. The minimum absolute atomic E-state index is 0.317. The maximum absolute atomic E-state index is 6.01. The SMILES string of the molecule is COc1ccc(-c2c3c(c(-c4ccc(OC)c(OC)c4)c4c2=CC(C)CC=4)-c2ccc(-c4ccc5c6c(cccc46)-c4c-5c(-c5ccc(OC)c(OC)c5)c5ccccc5c4-c4ccc(OC)c(OC)c4)c4cccc-3c24)cc1OC. The van der Waals surface area contributed by atoms with Crippen molar-refractivity contribution in [1.82, 2.24) is 0 Å². The first-order chi connectivity index (χ1) is 39.7. The highest BCUT2D eigenvalue weighted by Crippen LogP contribution is 2.61. The number of rotatable bonds is 13. The van der Waals surface area contributed by atoms with Crippen LogP contribution >= 0.6 is 0 Å². The van der Waals surface area contributed by atoms with Gasteiger partial charge in [-0.2, -0.15) is 0 Å². The van der Waals surface area contributed by atoms with Crippen molar-refractivity contribution in [2.75, 3.05) is 56.9 Å². The van der Waals surface area contributed by atoms with Gasteiger partial charge >= 0.3 is 0 Å². The molecule has 0 aromatic heterocycles. The predicted octanol–water partition coefficient (Wildman–Crippen LogP) is 16.4. The summed E-state index contributed by atoms with van der Waals surface area (Å²) >= 11 is 0. The molecule has 3 aliphatic carbocycles. The van der Waals surface area contributed by atoms with Crippen LogP contribution in [0.2, 0.25) is 0 Å². The fraction of sp³-hybridized carbons (Fsp3) is 0.151. The zero-order valence-electron chi connectivity index (χ0n) is 46.7. The molecule has 1 unspecified atom stereocenters. The van der Waals surface area contributed by atoms with Crippen molar-refractivity contribution in [1.29, 1.82) is 0 Å². The van der Waals surface area contributed by atoms with E-state index in [0.29, 0.717) is 51.9 Å². The lowest BCUT2D eigenvalue weighted by Crippen LogP contribution is -2.33. The lowest BCUT2D eigenvalue weighted by atomic mass is 9.81. The summed E-state index contributed by atoms with van der Waals surface area (Å²) in [6.45, 7) is 2.30. The molecule has 0 saturated carbocycles. The van der Waals surface area contributed by atoms with E-state index in [1.165, 1.54) is 76.5 Å². The average Bonchev–Trinajstić information content (AvgIpc) is 4.18. The summed E-state index contributed by atoms with van der Waals surface area (Å²) in [5.74, 6) is 5.73. The summed E-state index contributed by atoms with van der Waals surface area (Å²) in [5.41, 5.74) is 20.5. The van der Waals surface area contributed by atoms with Gasteiger partial charge in [-0.1, -0.05) is 128 Å². The number of ether oxygens (including phenoxy) is 8. The number of hydrogen-bond acceptors (Lipinski definition) is 8. The van der Waals surface area contributed by atoms with E-state index in [-0.39, 0.29) is 0 Å². The topological polar surface area (TPSA) is 73.8 Å². The maximum atomic E-state index is 6.01. The summed E-state index contributed by atoms with van der Waals surface area (Å²) in [7, 11) is 13.5. The van der Waals surface area contributed by atoms with Crippen LogP contribution in [0.1, 0.15) is 13.3 Å². The number of hydrogen-bond donors (Lipinski definition) is 0. The van der Waals surface area contributed by atoms with Crippen molar-refractivity contribution in [2.45, 2.75) is 13.3 Å². The quantitative estimate of drug-likeness (QED) is 0.113. The van der Waals surface area contributed by atoms with Crippen LogP contribution in [0.25, 0.3) is 145 Å². The van der Waals surface area contributed by atoms with Crippen molar-refractivity contribution in [3.63, 3.8) is 0 Å². The Balaban J connectivity index is 1.06. The van der Waals surface area contributed by atoms with Gasteiger partial charge in [0, 0.05) is 0 Å². The zero-order valence-corrected chi connectivity index (χ0v) is 46.7. The highest BCUT2D eigenvalue weighted by atomic mass is 16.5. The van der Waals surface area contributed by atoms with Crippen LogP contribution in [-0.2, 0) is 0 Å². The van der Waals surface area contributed by atoms with Crippen molar-refractivity contribution in [2.24, 2.45) is 5.92 Å². The second kappa shape index (κ2) is 19.3. The van der Waals surface area contributed by atoms with E-state index in [2.05, 4.69) is 153 Å². The van der Waals surface area contributed by atoms with E-state index < -0.39 is 0 Å². The van der Waals surface area contributed by atoms with E-state index >= 15 is 0 Å². The molecule has 1 atom stereocenters.